The molecule has 120 valence electrons. The number of hydrogen-bond donors (Lipinski definition) is 0. The quantitative estimate of drug-likeness (QED) is 0.435. The fourth-order valence-electron chi connectivity index (χ4n) is 2.27. The summed E-state index contributed by atoms with van der Waals surface area (Å²) in [6, 6.07) is 1.23. The molecule has 0 saturated carbocycles. The molecule has 1 aromatic rings. The molecule has 1 saturated heterocycles. The van der Waals surface area contributed by atoms with Gasteiger partial charge in [-0.3, -0.25) is 19.8 Å². The molecule has 1 amide bonds. The SMILES string of the molecule is Cc1nc(N2CC(CS(=O)(=O)F)CC2=O)c([N+](=O)[O-])cc1Br. The summed E-state index contributed by atoms with van der Waals surface area (Å²) < 4.78 is 34.5. The number of anilines is 1. The first kappa shape index (κ1) is 16.7. The van der Waals surface area contributed by atoms with Crippen LogP contribution in [0.25, 0.3) is 0 Å². The lowest BCUT2D eigenvalue weighted by Gasteiger charge is -2.16. The molecule has 0 N–H and O–H groups in total. The highest BCUT2D eigenvalue weighted by Crippen LogP contribution is 2.34. The summed E-state index contributed by atoms with van der Waals surface area (Å²) in [6.07, 6.45) is -0.197. The van der Waals surface area contributed by atoms with Crippen molar-refractivity contribution in [3.05, 3.63) is 26.3 Å². The minimum absolute atomic E-state index is 0.128. The Labute approximate surface area is 133 Å². The molecule has 2 heterocycles. The normalized spacial score (nSPS) is 18.8. The van der Waals surface area contributed by atoms with E-state index in [2.05, 4.69) is 20.9 Å². The summed E-state index contributed by atoms with van der Waals surface area (Å²) in [5.41, 5.74) is 0.0598. The molecule has 0 spiro atoms. The van der Waals surface area contributed by atoms with E-state index < -0.39 is 32.7 Å². The highest BCUT2D eigenvalue weighted by molar-refractivity contribution is 9.10. The predicted molar refractivity (Wildman–Crippen MR) is 78.7 cm³/mol. The third kappa shape index (κ3) is 3.58. The van der Waals surface area contributed by atoms with Crippen LogP contribution in [0.4, 0.5) is 15.4 Å². The number of aryl methyl sites for hydroxylation is 1. The minimum atomic E-state index is -4.72. The van der Waals surface area contributed by atoms with Crippen LogP contribution in [-0.2, 0) is 15.0 Å². The molecular weight excluding hydrogens is 385 g/mol. The number of carbonyl (C=O) groups is 1. The highest BCUT2D eigenvalue weighted by Gasteiger charge is 2.37. The largest absolute Gasteiger partial charge is 0.313 e. The van der Waals surface area contributed by atoms with Gasteiger partial charge in [-0.1, -0.05) is 0 Å². The summed E-state index contributed by atoms with van der Waals surface area (Å²) in [5.74, 6) is -2.23. The van der Waals surface area contributed by atoms with Gasteiger partial charge in [0.25, 0.3) is 0 Å². The van der Waals surface area contributed by atoms with E-state index in [1.165, 1.54) is 6.07 Å². The second kappa shape index (κ2) is 5.88. The molecule has 1 unspecified atom stereocenters. The maximum atomic E-state index is 12.7. The molecule has 1 aromatic heterocycles. The van der Waals surface area contributed by atoms with Gasteiger partial charge in [-0.15, -0.1) is 3.89 Å². The smallest absolute Gasteiger partial charge is 0.291 e. The van der Waals surface area contributed by atoms with Gasteiger partial charge in [-0.05, 0) is 22.9 Å². The van der Waals surface area contributed by atoms with Crippen molar-refractivity contribution in [1.82, 2.24) is 4.98 Å². The standard InChI is InChI=1S/C11H11BrFN3O5S/c1-6-8(12)3-9(16(18)19)11(14-6)15-4-7(2-10(15)17)5-22(13,20)21/h3,7H,2,4-5H2,1H3. The van der Waals surface area contributed by atoms with Crippen molar-refractivity contribution in [2.75, 3.05) is 17.2 Å². The van der Waals surface area contributed by atoms with E-state index in [1.54, 1.807) is 6.92 Å². The Morgan fingerprint density at radius 3 is 2.77 bits per heavy atom. The molecule has 1 atom stereocenters. The number of hydrogen-bond acceptors (Lipinski definition) is 6. The van der Waals surface area contributed by atoms with Crippen LogP contribution >= 0.6 is 15.9 Å². The fraction of sp³-hybridized carbons (Fsp3) is 0.455. The predicted octanol–water partition coefficient (Wildman–Crippen LogP) is 1.71. The van der Waals surface area contributed by atoms with Gasteiger partial charge in [0.05, 0.1) is 16.4 Å². The monoisotopic (exact) mass is 395 g/mol. The minimum Gasteiger partial charge on any atom is -0.291 e. The first-order valence-electron chi connectivity index (χ1n) is 6.12. The Morgan fingerprint density at radius 2 is 2.23 bits per heavy atom. The van der Waals surface area contributed by atoms with E-state index in [0.717, 1.165) is 4.90 Å². The van der Waals surface area contributed by atoms with Crippen LogP contribution in [-0.4, -0.2) is 36.5 Å². The molecule has 1 fully saturated rings. The Bertz CT molecular complexity index is 754. The first-order valence-corrected chi connectivity index (χ1v) is 8.47. The Hall–Kier alpha value is -1.62. The van der Waals surface area contributed by atoms with Gasteiger partial charge in [0.15, 0.2) is 0 Å². The number of aromatic nitrogens is 1. The van der Waals surface area contributed by atoms with Gasteiger partial charge >= 0.3 is 15.9 Å². The number of rotatable bonds is 4. The van der Waals surface area contributed by atoms with Crippen molar-refractivity contribution in [3.63, 3.8) is 0 Å². The van der Waals surface area contributed by atoms with Crippen molar-refractivity contribution >= 4 is 43.6 Å². The maximum Gasteiger partial charge on any atom is 0.313 e. The molecular formula is C11H11BrFN3O5S. The van der Waals surface area contributed by atoms with E-state index in [1.807, 2.05) is 0 Å². The average Bonchev–Trinajstić information content (AvgIpc) is 2.70. The van der Waals surface area contributed by atoms with Crippen LogP contribution in [0, 0.1) is 23.0 Å². The van der Waals surface area contributed by atoms with Crippen molar-refractivity contribution in [1.29, 1.82) is 0 Å². The molecule has 11 heteroatoms. The average molecular weight is 396 g/mol. The molecule has 8 nitrogen and oxygen atoms in total. The van der Waals surface area contributed by atoms with Gasteiger partial charge in [-0.2, -0.15) is 8.42 Å². The van der Waals surface area contributed by atoms with E-state index in [-0.39, 0.29) is 24.5 Å². The van der Waals surface area contributed by atoms with Gasteiger partial charge < -0.3 is 0 Å². The summed E-state index contributed by atoms with van der Waals surface area (Å²) in [4.78, 5) is 27.5. The maximum absolute atomic E-state index is 12.7. The number of pyridine rings is 1. The highest BCUT2D eigenvalue weighted by atomic mass is 79.9. The number of nitrogens with zero attached hydrogens (tertiary/aromatic N) is 3. The first-order chi connectivity index (χ1) is 10.1. The Morgan fingerprint density at radius 1 is 1.59 bits per heavy atom. The van der Waals surface area contributed by atoms with Crippen LogP contribution < -0.4 is 4.90 Å². The van der Waals surface area contributed by atoms with Gasteiger partial charge in [-0.25, -0.2) is 4.98 Å². The Kier molecular flexibility index (Phi) is 4.47. The van der Waals surface area contributed by atoms with Crippen LogP contribution in [0.5, 0.6) is 0 Å². The van der Waals surface area contributed by atoms with E-state index in [4.69, 9.17) is 0 Å². The van der Waals surface area contributed by atoms with Crippen molar-refractivity contribution in [2.24, 2.45) is 5.92 Å². The molecule has 2 rings (SSSR count). The summed E-state index contributed by atoms with van der Waals surface area (Å²) in [5, 5.41) is 11.1. The van der Waals surface area contributed by atoms with E-state index >= 15 is 0 Å². The molecule has 22 heavy (non-hydrogen) atoms. The molecule has 0 bridgehead atoms. The zero-order valence-corrected chi connectivity index (χ0v) is 13.7. The summed E-state index contributed by atoms with van der Waals surface area (Å²) >= 11 is 3.12. The number of halogens is 2. The zero-order chi connectivity index (χ0) is 16.7. The second-order valence-corrected chi connectivity index (χ2v) is 7.20. The summed E-state index contributed by atoms with van der Waals surface area (Å²) in [6.45, 7) is 1.47. The van der Waals surface area contributed by atoms with Gasteiger partial charge in [0.2, 0.25) is 11.7 Å². The second-order valence-electron chi connectivity index (χ2n) is 4.94. The topological polar surface area (TPSA) is 110 Å². The fourth-order valence-corrected chi connectivity index (χ4v) is 3.36. The van der Waals surface area contributed by atoms with E-state index in [0.29, 0.717) is 10.2 Å². The lowest BCUT2D eigenvalue weighted by Crippen LogP contribution is -2.27. The van der Waals surface area contributed by atoms with Gasteiger partial charge in [0.1, 0.15) is 0 Å². The third-order valence-electron chi connectivity index (χ3n) is 3.20. The van der Waals surface area contributed by atoms with Crippen LogP contribution in [0.2, 0.25) is 0 Å². The molecule has 0 aromatic carbocycles. The lowest BCUT2D eigenvalue weighted by atomic mass is 10.1. The molecule has 1 aliphatic heterocycles. The van der Waals surface area contributed by atoms with Crippen molar-refractivity contribution in [2.45, 2.75) is 13.3 Å². The lowest BCUT2D eigenvalue weighted by molar-refractivity contribution is -0.384. The molecule has 0 radical (unpaired) electrons. The Balaban J connectivity index is 2.38. The summed E-state index contributed by atoms with van der Waals surface area (Å²) in [7, 11) is -4.72. The molecule has 1 aliphatic rings. The van der Waals surface area contributed by atoms with Crippen LogP contribution in [0.3, 0.4) is 0 Å². The van der Waals surface area contributed by atoms with Crippen molar-refractivity contribution in [3.8, 4) is 0 Å². The van der Waals surface area contributed by atoms with Gasteiger partial charge in [0, 0.05) is 29.4 Å². The van der Waals surface area contributed by atoms with Crippen LogP contribution in [0.1, 0.15) is 12.1 Å². The van der Waals surface area contributed by atoms with Crippen LogP contribution in [0.15, 0.2) is 10.5 Å². The molecule has 0 aliphatic carbocycles. The number of amides is 1. The third-order valence-corrected chi connectivity index (χ3v) is 4.88. The van der Waals surface area contributed by atoms with Crippen molar-refractivity contribution < 1.29 is 22.0 Å². The number of nitro groups is 1. The van der Waals surface area contributed by atoms with E-state index in [9.17, 15) is 27.2 Å². The number of carbonyl (C=O) groups excluding carboxylic acids is 1. The zero-order valence-electron chi connectivity index (χ0n) is 11.3.